The van der Waals surface area contributed by atoms with E-state index >= 15 is 0 Å². The van der Waals surface area contributed by atoms with Crippen LogP contribution in [0, 0.1) is 0 Å². The molecule has 21 heteroatoms. The Morgan fingerprint density at radius 3 is 2.09 bits per heavy atom. The number of phenolic OH excluding ortho intramolecular Hbond substituents is 2. The summed E-state index contributed by atoms with van der Waals surface area (Å²) in [6.45, 7) is -1.25. The molecule has 3 heterocycles. The van der Waals surface area contributed by atoms with Gasteiger partial charge in [0.1, 0.15) is 91.4 Å². The van der Waals surface area contributed by atoms with Crippen molar-refractivity contribution in [1.29, 1.82) is 0 Å². The van der Waals surface area contributed by atoms with Crippen LogP contribution in [-0.4, -0.2) is 185 Å². The van der Waals surface area contributed by atoms with E-state index in [0.29, 0.717) is 0 Å². The van der Waals surface area contributed by atoms with Gasteiger partial charge in [-0.15, -0.1) is 0 Å². The minimum atomic E-state index is -2.09. The summed E-state index contributed by atoms with van der Waals surface area (Å²) < 4.78 is 40.8. The minimum Gasteiger partial charge on any atom is -0.508 e. The highest BCUT2D eigenvalue weighted by Gasteiger charge is 2.55. The molecule has 2 aromatic rings. The summed E-state index contributed by atoms with van der Waals surface area (Å²) in [7, 11) is 0. The van der Waals surface area contributed by atoms with Crippen LogP contribution in [0.5, 0.6) is 11.5 Å². The number of hydrogen-bond acceptors (Lipinski definition) is 21. The van der Waals surface area contributed by atoms with Gasteiger partial charge in [0.25, 0.3) is 0 Å². The predicted octanol–water partition coefficient (Wildman–Crippen LogP) is -0.275. The van der Waals surface area contributed by atoms with Crippen LogP contribution in [0.2, 0.25) is 0 Å². The number of hydrogen-bond donors (Lipinski definition) is 12. The molecule has 69 heavy (non-hydrogen) atoms. The molecule has 3 saturated heterocycles. The van der Waals surface area contributed by atoms with Crippen LogP contribution in [0.15, 0.2) is 91.1 Å². The predicted molar refractivity (Wildman–Crippen MR) is 239 cm³/mol. The molecule has 3 aliphatic heterocycles. The number of ether oxygens (including phenoxy) is 7. The monoisotopic (exact) mass is 976 g/mol. The second kappa shape index (κ2) is 27.1. The van der Waals surface area contributed by atoms with Crippen molar-refractivity contribution in [3.63, 3.8) is 0 Å². The fraction of sp³-hybridized carbons (Fsp3) is 0.542. The number of rotatable bonds is 22. The number of carbonyl (C=O) groups excluding carboxylic acids is 2. The quantitative estimate of drug-likeness (QED) is 0.0313. The third kappa shape index (κ3) is 14.7. The molecule has 0 aromatic heterocycles. The summed E-state index contributed by atoms with van der Waals surface area (Å²) in [4.78, 5) is 26.4. The molecule has 382 valence electrons. The van der Waals surface area contributed by atoms with Gasteiger partial charge in [0, 0.05) is 17.7 Å². The number of carbonyl (C=O) groups is 2. The Bertz CT molecular complexity index is 2030. The average Bonchev–Trinajstić information content (AvgIpc) is 3.34. The Morgan fingerprint density at radius 2 is 1.39 bits per heavy atom. The SMILES string of the molecule is CCCCC/C=C/C=C/[C@@H](O)C/C=C/C=C/C(=O)O[C@@H]1[C@@H](O)[C@H](c2c(O)cc(O)cc2CO)O[C@H](CO)[C@H]1O[C@@H]1O[C@H](COC(=O)c2ccccc2)[C@H](O)[C@H](O)[C@H]1O[C@@H]1O[C@H](CO)[C@H](O)[C@H](O)[C@H]1O. The lowest BCUT2D eigenvalue weighted by molar-refractivity contribution is -0.382. The number of aromatic hydroxyl groups is 2. The molecule has 0 spiro atoms. The average molecular weight is 977 g/mol. The molecule has 3 aliphatic rings. The smallest absolute Gasteiger partial charge is 0.338 e. The molecule has 21 nitrogen and oxygen atoms in total. The second-order valence-corrected chi connectivity index (χ2v) is 16.7. The first-order chi connectivity index (χ1) is 33.1. The zero-order chi connectivity index (χ0) is 50.2. The highest BCUT2D eigenvalue weighted by atomic mass is 16.8. The number of allylic oxidation sites excluding steroid dienone is 5. The number of esters is 2. The number of unbranched alkanes of at least 4 members (excludes halogenated alkanes) is 3. The van der Waals surface area contributed by atoms with Crippen molar-refractivity contribution in [2.45, 2.75) is 144 Å². The van der Waals surface area contributed by atoms with Gasteiger partial charge in [0.15, 0.2) is 18.7 Å². The van der Waals surface area contributed by atoms with Gasteiger partial charge < -0.3 is 94.4 Å². The standard InChI is InChI=1S/C48H64O21/c1-2-3-4-5-6-7-12-17-28(52)18-13-9-14-19-34(55)67-44-41(61)43(35-27(22-49)20-29(53)21-30(35)54)64-32(24-51)42(44)68-48-45(69-47-40(60)38(58)36(56)31(23-50)65-47)39(59)37(57)33(66-48)25-63-46(62)26-15-10-8-11-16-26/h6-17,19-21,28,31-33,36-45,47-54,56-61H,2-5,18,22-25H2,1H3/b7-6+,13-9+,17-12+,19-14+/t28-,31-,32-,33-,36+,37+,38+,39+,40-,41+,42-,43+,44-,45-,47+,48+/m1/s1. The summed E-state index contributed by atoms with van der Waals surface area (Å²) in [6, 6.07) is 9.68. The summed E-state index contributed by atoms with van der Waals surface area (Å²) in [5.74, 6) is -3.09. The van der Waals surface area contributed by atoms with E-state index in [-0.39, 0.29) is 23.1 Å². The van der Waals surface area contributed by atoms with Gasteiger partial charge in [0.05, 0.1) is 31.5 Å². The number of phenols is 2. The third-order valence-electron chi connectivity index (χ3n) is 11.6. The molecule has 0 bridgehead atoms. The van der Waals surface area contributed by atoms with Crippen LogP contribution in [0.1, 0.15) is 66.6 Å². The summed E-state index contributed by atoms with van der Waals surface area (Å²) in [5, 5.41) is 129. The highest BCUT2D eigenvalue weighted by Crippen LogP contribution is 2.43. The van der Waals surface area contributed by atoms with E-state index in [1.807, 2.05) is 12.2 Å². The summed E-state index contributed by atoms with van der Waals surface area (Å²) >= 11 is 0. The van der Waals surface area contributed by atoms with Crippen molar-refractivity contribution in [2.24, 2.45) is 0 Å². The molecule has 12 N–H and O–H groups in total. The van der Waals surface area contributed by atoms with E-state index < -0.39 is 148 Å². The van der Waals surface area contributed by atoms with Crippen molar-refractivity contribution >= 4 is 11.9 Å². The van der Waals surface area contributed by atoms with Gasteiger partial charge in [-0.1, -0.05) is 80.5 Å². The fourth-order valence-electron chi connectivity index (χ4n) is 7.92. The molecule has 0 radical (unpaired) electrons. The van der Waals surface area contributed by atoms with Crippen LogP contribution in [-0.2, 0) is 44.6 Å². The maximum absolute atomic E-state index is 13.5. The minimum absolute atomic E-state index is 0.123. The molecule has 0 aliphatic carbocycles. The maximum Gasteiger partial charge on any atom is 0.338 e. The van der Waals surface area contributed by atoms with Gasteiger partial charge in [-0.3, -0.25) is 0 Å². The van der Waals surface area contributed by atoms with Gasteiger partial charge in [-0.2, -0.15) is 0 Å². The van der Waals surface area contributed by atoms with Crippen molar-refractivity contribution in [2.75, 3.05) is 19.8 Å². The molecule has 3 fully saturated rings. The topological polar surface area (TPSA) is 342 Å². The third-order valence-corrected chi connectivity index (χ3v) is 11.6. The van der Waals surface area contributed by atoms with Crippen LogP contribution >= 0.6 is 0 Å². The van der Waals surface area contributed by atoms with Crippen molar-refractivity contribution in [3.8, 4) is 11.5 Å². The normalized spacial score (nSPS) is 32.5. The Labute approximate surface area is 397 Å². The molecule has 2 aromatic carbocycles. The molecular weight excluding hydrogens is 913 g/mol. The van der Waals surface area contributed by atoms with E-state index in [2.05, 4.69) is 6.92 Å². The molecule has 0 unspecified atom stereocenters. The Kier molecular flexibility index (Phi) is 21.7. The first-order valence-corrected chi connectivity index (χ1v) is 22.6. The first kappa shape index (κ1) is 55.3. The number of benzene rings is 2. The van der Waals surface area contributed by atoms with Crippen molar-refractivity contribution in [3.05, 3.63) is 108 Å². The van der Waals surface area contributed by atoms with Gasteiger partial charge in [0.2, 0.25) is 0 Å². The van der Waals surface area contributed by atoms with Gasteiger partial charge in [-0.05, 0) is 43.0 Å². The van der Waals surface area contributed by atoms with Crippen LogP contribution in [0.25, 0.3) is 0 Å². The highest BCUT2D eigenvalue weighted by molar-refractivity contribution is 5.89. The van der Waals surface area contributed by atoms with Crippen LogP contribution in [0.4, 0.5) is 0 Å². The summed E-state index contributed by atoms with van der Waals surface area (Å²) in [5.41, 5.74) is -0.273. The van der Waals surface area contributed by atoms with Crippen LogP contribution in [0.3, 0.4) is 0 Å². The molecular formula is C48H64O21. The molecule has 0 saturated carbocycles. The molecule has 16 atom stereocenters. The van der Waals surface area contributed by atoms with Gasteiger partial charge in [-0.25, -0.2) is 9.59 Å². The van der Waals surface area contributed by atoms with Crippen molar-refractivity contribution < 1.29 is 104 Å². The molecule has 0 amide bonds. The fourth-order valence-corrected chi connectivity index (χ4v) is 7.92. The van der Waals surface area contributed by atoms with E-state index in [0.717, 1.165) is 43.9 Å². The second-order valence-electron chi connectivity index (χ2n) is 16.7. The number of aliphatic hydroxyl groups is 10. The van der Waals surface area contributed by atoms with E-state index in [9.17, 15) is 70.9 Å². The lowest BCUT2D eigenvalue weighted by atomic mass is 9.88. The summed E-state index contributed by atoms with van der Waals surface area (Å²) in [6.07, 6.45) is -12.1. The Hall–Kier alpha value is -4.66. The Morgan fingerprint density at radius 1 is 0.710 bits per heavy atom. The zero-order valence-electron chi connectivity index (χ0n) is 37.8. The lowest BCUT2D eigenvalue weighted by Gasteiger charge is -2.49. The number of aliphatic hydroxyl groups excluding tert-OH is 10. The van der Waals surface area contributed by atoms with Crippen LogP contribution < -0.4 is 0 Å². The zero-order valence-corrected chi connectivity index (χ0v) is 37.8. The maximum atomic E-state index is 13.5. The van der Waals surface area contributed by atoms with Crippen molar-refractivity contribution in [1.82, 2.24) is 0 Å². The van der Waals surface area contributed by atoms with E-state index in [1.165, 1.54) is 24.3 Å². The first-order valence-electron chi connectivity index (χ1n) is 22.6. The van der Waals surface area contributed by atoms with Gasteiger partial charge >= 0.3 is 11.9 Å². The Balaban J connectivity index is 1.45. The van der Waals surface area contributed by atoms with E-state index in [4.69, 9.17) is 33.2 Å². The largest absolute Gasteiger partial charge is 0.508 e. The van der Waals surface area contributed by atoms with E-state index in [1.54, 1.807) is 36.4 Å². The lowest BCUT2D eigenvalue weighted by Crippen LogP contribution is -2.66. The molecule has 5 rings (SSSR count).